The summed E-state index contributed by atoms with van der Waals surface area (Å²) < 4.78 is 50.6. The van der Waals surface area contributed by atoms with E-state index < -0.39 is 17.6 Å². The first-order chi connectivity index (χ1) is 7.64. The van der Waals surface area contributed by atoms with Gasteiger partial charge in [-0.2, -0.15) is 13.2 Å². The average molecular weight is 249 g/mol. The Morgan fingerprint density at radius 1 is 1.12 bits per heavy atom. The number of hydrogen-bond donors (Lipinski definition) is 1. The average Bonchev–Trinajstić information content (AvgIpc) is 2.14. The summed E-state index contributed by atoms with van der Waals surface area (Å²) in [6, 6.07) is 2.63. The molecule has 96 valence electrons. The molecule has 1 N–H and O–H groups in total. The standard InChI is InChI=1S/C12H15F4N/c1-11(2,17-3)7-8-4-9(12(14,15)16)6-10(13)5-8/h4-6,17H,7H2,1-3H3. The predicted octanol–water partition coefficient (Wildman–Crippen LogP) is 3.39. The minimum Gasteiger partial charge on any atom is -0.314 e. The summed E-state index contributed by atoms with van der Waals surface area (Å²) in [6.07, 6.45) is -4.19. The molecule has 1 rings (SSSR count). The lowest BCUT2D eigenvalue weighted by Crippen LogP contribution is -2.38. The third-order valence-electron chi connectivity index (χ3n) is 2.61. The Morgan fingerprint density at radius 2 is 1.71 bits per heavy atom. The van der Waals surface area contributed by atoms with Gasteiger partial charge in [0, 0.05) is 5.54 Å². The number of rotatable bonds is 3. The highest BCUT2D eigenvalue weighted by Gasteiger charge is 2.31. The number of alkyl halides is 3. The van der Waals surface area contributed by atoms with Crippen molar-refractivity contribution < 1.29 is 17.6 Å². The molecule has 0 radical (unpaired) electrons. The van der Waals surface area contributed by atoms with Crippen molar-refractivity contribution in [3.05, 3.63) is 35.1 Å². The van der Waals surface area contributed by atoms with Crippen molar-refractivity contribution in [3.63, 3.8) is 0 Å². The Labute approximate surface area is 97.8 Å². The van der Waals surface area contributed by atoms with Gasteiger partial charge in [-0.05, 0) is 51.1 Å². The van der Waals surface area contributed by atoms with Gasteiger partial charge in [-0.15, -0.1) is 0 Å². The van der Waals surface area contributed by atoms with Gasteiger partial charge >= 0.3 is 6.18 Å². The summed E-state index contributed by atoms with van der Waals surface area (Å²) >= 11 is 0. The van der Waals surface area contributed by atoms with Crippen molar-refractivity contribution in [1.29, 1.82) is 0 Å². The summed E-state index contributed by atoms with van der Waals surface area (Å²) in [5.41, 5.74) is -0.993. The van der Waals surface area contributed by atoms with E-state index in [4.69, 9.17) is 0 Å². The van der Waals surface area contributed by atoms with Gasteiger partial charge in [0.05, 0.1) is 5.56 Å². The molecule has 0 fully saturated rings. The van der Waals surface area contributed by atoms with E-state index in [0.717, 1.165) is 12.1 Å². The fraction of sp³-hybridized carbons (Fsp3) is 0.500. The van der Waals surface area contributed by atoms with E-state index in [2.05, 4.69) is 5.32 Å². The third-order valence-corrected chi connectivity index (χ3v) is 2.61. The zero-order valence-corrected chi connectivity index (χ0v) is 9.95. The van der Waals surface area contributed by atoms with E-state index in [1.54, 1.807) is 7.05 Å². The molecule has 0 saturated carbocycles. The highest BCUT2D eigenvalue weighted by atomic mass is 19.4. The van der Waals surface area contributed by atoms with Crippen molar-refractivity contribution in [2.75, 3.05) is 7.05 Å². The van der Waals surface area contributed by atoms with Crippen molar-refractivity contribution in [1.82, 2.24) is 5.32 Å². The van der Waals surface area contributed by atoms with Crippen LogP contribution in [-0.4, -0.2) is 12.6 Å². The van der Waals surface area contributed by atoms with Gasteiger partial charge in [0.1, 0.15) is 5.82 Å². The molecule has 5 heteroatoms. The Kier molecular flexibility index (Phi) is 3.81. The number of benzene rings is 1. The van der Waals surface area contributed by atoms with Gasteiger partial charge in [-0.1, -0.05) is 0 Å². The van der Waals surface area contributed by atoms with Gasteiger partial charge in [-0.25, -0.2) is 4.39 Å². The van der Waals surface area contributed by atoms with E-state index in [9.17, 15) is 17.6 Å². The zero-order chi connectivity index (χ0) is 13.3. The maximum Gasteiger partial charge on any atom is 0.416 e. The lowest BCUT2D eigenvalue weighted by molar-refractivity contribution is -0.137. The first-order valence-corrected chi connectivity index (χ1v) is 5.20. The SMILES string of the molecule is CNC(C)(C)Cc1cc(F)cc(C(F)(F)F)c1. The van der Waals surface area contributed by atoms with Crippen molar-refractivity contribution in [2.24, 2.45) is 0 Å². The van der Waals surface area contributed by atoms with Crippen molar-refractivity contribution in [3.8, 4) is 0 Å². The normalized spacial score (nSPS) is 12.9. The summed E-state index contributed by atoms with van der Waals surface area (Å²) in [5, 5.41) is 2.96. The molecule has 0 aliphatic carbocycles. The maximum atomic E-state index is 13.1. The molecule has 0 unspecified atom stereocenters. The highest BCUT2D eigenvalue weighted by Crippen LogP contribution is 2.31. The van der Waals surface area contributed by atoms with Crippen LogP contribution in [0.4, 0.5) is 17.6 Å². The molecule has 0 heterocycles. The summed E-state index contributed by atoms with van der Waals surface area (Å²) in [5.74, 6) is -0.860. The molecule has 0 spiro atoms. The van der Waals surface area contributed by atoms with Crippen LogP contribution < -0.4 is 5.32 Å². The second-order valence-corrected chi connectivity index (χ2v) is 4.66. The second-order valence-electron chi connectivity index (χ2n) is 4.66. The molecule has 0 bridgehead atoms. The van der Waals surface area contributed by atoms with Gasteiger partial charge in [0.15, 0.2) is 0 Å². The van der Waals surface area contributed by atoms with Crippen LogP contribution in [-0.2, 0) is 12.6 Å². The van der Waals surface area contributed by atoms with Gasteiger partial charge in [0.25, 0.3) is 0 Å². The fourth-order valence-corrected chi connectivity index (χ4v) is 1.51. The number of halogens is 4. The smallest absolute Gasteiger partial charge is 0.314 e. The quantitative estimate of drug-likeness (QED) is 0.810. The van der Waals surface area contributed by atoms with E-state index >= 15 is 0 Å². The molecule has 0 aromatic heterocycles. The third kappa shape index (κ3) is 4.00. The van der Waals surface area contributed by atoms with Crippen LogP contribution in [0.1, 0.15) is 25.0 Å². The van der Waals surface area contributed by atoms with Crippen LogP contribution >= 0.6 is 0 Å². The molecule has 0 aliphatic heterocycles. The molecule has 0 saturated heterocycles. The van der Waals surface area contributed by atoms with Gasteiger partial charge < -0.3 is 5.32 Å². The first-order valence-electron chi connectivity index (χ1n) is 5.20. The van der Waals surface area contributed by atoms with E-state index in [-0.39, 0.29) is 5.54 Å². The molecule has 1 nitrogen and oxygen atoms in total. The molecule has 0 atom stereocenters. The molecule has 1 aromatic rings. The summed E-state index contributed by atoms with van der Waals surface area (Å²) in [6.45, 7) is 3.68. The Hall–Kier alpha value is -1.10. The van der Waals surface area contributed by atoms with Gasteiger partial charge in [0.2, 0.25) is 0 Å². The van der Waals surface area contributed by atoms with Crippen LogP contribution in [0.2, 0.25) is 0 Å². The summed E-state index contributed by atoms with van der Waals surface area (Å²) in [4.78, 5) is 0. The molecule has 17 heavy (non-hydrogen) atoms. The Balaban J connectivity index is 3.06. The Bertz CT molecular complexity index is 396. The minimum absolute atomic E-state index is 0.324. The fourth-order valence-electron chi connectivity index (χ4n) is 1.51. The topological polar surface area (TPSA) is 12.0 Å². The van der Waals surface area contributed by atoms with Crippen LogP contribution in [0.25, 0.3) is 0 Å². The second kappa shape index (κ2) is 4.64. The van der Waals surface area contributed by atoms with Crippen LogP contribution in [0, 0.1) is 5.82 Å². The van der Waals surface area contributed by atoms with Crippen molar-refractivity contribution in [2.45, 2.75) is 32.0 Å². The number of likely N-dealkylation sites (N-methyl/N-ethyl adjacent to an activating group) is 1. The van der Waals surface area contributed by atoms with Gasteiger partial charge in [-0.3, -0.25) is 0 Å². The molecule has 0 amide bonds. The van der Waals surface area contributed by atoms with Crippen LogP contribution in [0.3, 0.4) is 0 Å². The Morgan fingerprint density at radius 3 is 2.18 bits per heavy atom. The summed E-state index contributed by atoms with van der Waals surface area (Å²) in [7, 11) is 1.71. The molecule has 0 aliphatic rings. The lowest BCUT2D eigenvalue weighted by Gasteiger charge is -2.24. The van der Waals surface area contributed by atoms with Crippen molar-refractivity contribution >= 4 is 0 Å². The van der Waals surface area contributed by atoms with E-state index in [1.165, 1.54) is 0 Å². The highest BCUT2D eigenvalue weighted by molar-refractivity contribution is 5.28. The minimum atomic E-state index is -4.51. The van der Waals surface area contributed by atoms with Crippen LogP contribution in [0.5, 0.6) is 0 Å². The first kappa shape index (κ1) is 14.0. The monoisotopic (exact) mass is 249 g/mol. The van der Waals surface area contributed by atoms with E-state index in [0.29, 0.717) is 18.1 Å². The lowest BCUT2D eigenvalue weighted by atomic mass is 9.94. The predicted molar refractivity (Wildman–Crippen MR) is 58.2 cm³/mol. The molecular weight excluding hydrogens is 234 g/mol. The maximum absolute atomic E-state index is 13.1. The molecular formula is C12H15F4N. The van der Waals surface area contributed by atoms with E-state index in [1.807, 2.05) is 13.8 Å². The molecule has 1 aromatic carbocycles. The number of hydrogen-bond acceptors (Lipinski definition) is 1. The number of nitrogens with one attached hydrogen (secondary N) is 1. The zero-order valence-electron chi connectivity index (χ0n) is 9.95. The largest absolute Gasteiger partial charge is 0.416 e. The van der Waals surface area contributed by atoms with Crippen LogP contribution in [0.15, 0.2) is 18.2 Å².